The van der Waals surface area contributed by atoms with E-state index in [0.717, 1.165) is 0 Å². The Hall–Kier alpha value is -1.40. The van der Waals surface area contributed by atoms with Gasteiger partial charge in [0.2, 0.25) is 0 Å². The van der Waals surface area contributed by atoms with E-state index in [0.29, 0.717) is 0 Å². The zero-order chi connectivity index (χ0) is 10.6. The minimum Gasteiger partial charge on any atom is -0.426 e. The van der Waals surface area contributed by atoms with Gasteiger partial charge in [0.25, 0.3) is 10.1 Å². The molecular weight excluding hydrogens is 208 g/mol. The molecule has 0 atom stereocenters. The first kappa shape index (κ1) is 10.7. The summed E-state index contributed by atoms with van der Waals surface area (Å²) >= 11 is 0. The first-order valence-corrected chi connectivity index (χ1v) is 5.29. The number of carbonyl (C=O) groups is 1. The molecule has 0 heterocycles. The molecule has 0 bridgehead atoms. The van der Waals surface area contributed by atoms with Crippen LogP contribution in [0.5, 0.6) is 5.75 Å². The normalized spacial score (nSPS) is 10.9. The monoisotopic (exact) mass is 216 g/mol. The molecule has 0 amide bonds. The van der Waals surface area contributed by atoms with Gasteiger partial charge in [0.15, 0.2) is 5.75 Å². The zero-order valence-corrected chi connectivity index (χ0v) is 7.90. The number of para-hydroxylation sites is 1. The van der Waals surface area contributed by atoms with Crippen LogP contribution in [0.1, 0.15) is 0 Å². The van der Waals surface area contributed by atoms with Crippen molar-refractivity contribution >= 4 is 16.1 Å². The van der Waals surface area contributed by atoms with Crippen molar-refractivity contribution in [2.75, 3.05) is 5.75 Å². The van der Waals surface area contributed by atoms with Crippen molar-refractivity contribution in [1.82, 2.24) is 0 Å². The van der Waals surface area contributed by atoms with E-state index in [4.69, 9.17) is 4.55 Å². The van der Waals surface area contributed by atoms with Gasteiger partial charge in [0, 0.05) is 0 Å². The van der Waals surface area contributed by atoms with Gasteiger partial charge in [-0.25, -0.2) is 0 Å². The van der Waals surface area contributed by atoms with Gasteiger partial charge in [0.05, 0.1) is 0 Å². The highest BCUT2D eigenvalue weighted by Crippen LogP contribution is 2.08. The zero-order valence-electron chi connectivity index (χ0n) is 7.08. The average molecular weight is 216 g/mol. The topological polar surface area (TPSA) is 80.7 Å². The Balaban J connectivity index is 2.59. The first-order chi connectivity index (χ1) is 6.47. The predicted molar refractivity (Wildman–Crippen MR) is 48.5 cm³/mol. The number of ether oxygens (including phenoxy) is 1. The second-order valence-electron chi connectivity index (χ2n) is 2.51. The summed E-state index contributed by atoms with van der Waals surface area (Å²) in [5, 5.41) is 0. The third kappa shape index (κ3) is 4.01. The smallest absolute Gasteiger partial charge is 0.329 e. The molecule has 1 aromatic carbocycles. The average Bonchev–Trinajstić information content (AvgIpc) is 2.02. The highest BCUT2D eigenvalue weighted by molar-refractivity contribution is 7.86. The predicted octanol–water partition coefficient (Wildman–Crippen LogP) is 0.480. The van der Waals surface area contributed by atoms with Crippen molar-refractivity contribution in [3.8, 4) is 5.75 Å². The number of carbonyl (C=O) groups excluding carboxylic acids is 1. The number of hydrogen-bond acceptors (Lipinski definition) is 4. The maximum absolute atomic E-state index is 10.9. The minimum absolute atomic E-state index is 0.237. The van der Waals surface area contributed by atoms with E-state index >= 15 is 0 Å². The van der Waals surface area contributed by atoms with Crippen LogP contribution in [0.4, 0.5) is 0 Å². The maximum atomic E-state index is 10.9. The Bertz CT molecular complexity index is 409. The highest BCUT2D eigenvalue weighted by Gasteiger charge is 2.14. The lowest BCUT2D eigenvalue weighted by Crippen LogP contribution is -2.20. The van der Waals surface area contributed by atoms with Crippen LogP contribution >= 0.6 is 0 Å². The molecule has 6 heteroatoms. The van der Waals surface area contributed by atoms with E-state index in [1.807, 2.05) is 0 Å². The molecule has 1 rings (SSSR count). The van der Waals surface area contributed by atoms with Crippen molar-refractivity contribution in [1.29, 1.82) is 0 Å². The van der Waals surface area contributed by atoms with Gasteiger partial charge >= 0.3 is 5.97 Å². The summed E-state index contributed by atoms with van der Waals surface area (Å²) in [6.45, 7) is 0. The summed E-state index contributed by atoms with van der Waals surface area (Å²) in [6.07, 6.45) is 0. The quantitative estimate of drug-likeness (QED) is 0.451. The van der Waals surface area contributed by atoms with Gasteiger partial charge in [-0.05, 0) is 12.1 Å². The molecule has 0 aliphatic rings. The minimum atomic E-state index is -4.32. The van der Waals surface area contributed by atoms with Gasteiger partial charge in [0.1, 0.15) is 5.75 Å². The molecular formula is C8H8O5S. The molecule has 0 spiro atoms. The van der Waals surface area contributed by atoms with Crippen molar-refractivity contribution in [2.24, 2.45) is 0 Å². The second kappa shape index (κ2) is 4.21. The Kier molecular flexibility index (Phi) is 3.21. The van der Waals surface area contributed by atoms with Crippen molar-refractivity contribution in [3.05, 3.63) is 30.3 Å². The summed E-state index contributed by atoms with van der Waals surface area (Å²) in [7, 11) is -4.32. The number of benzene rings is 1. The lowest BCUT2D eigenvalue weighted by atomic mass is 10.3. The fraction of sp³-hybridized carbons (Fsp3) is 0.125. The third-order valence-electron chi connectivity index (χ3n) is 1.28. The van der Waals surface area contributed by atoms with Gasteiger partial charge in [-0.3, -0.25) is 9.35 Å². The van der Waals surface area contributed by atoms with Gasteiger partial charge < -0.3 is 4.74 Å². The standard InChI is InChI=1S/C8H8O5S/c9-8(6-14(10,11)12)13-7-4-2-1-3-5-7/h1-5H,6H2,(H,10,11,12). The molecule has 0 unspecified atom stereocenters. The Morgan fingerprint density at radius 2 is 1.86 bits per heavy atom. The molecule has 14 heavy (non-hydrogen) atoms. The van der Waals surface area contributed by atoms with Gasteiger partial charge in [-0.15, -0.1) is 0 Å². The van der Waals surface area contributed by atoms with Crippen LogP contribution in [0.2, 0.25) is 0 Å². The van der Waals surface area contributed by atoms with Crippen LogP contribution in [0.15, 0.2) is 30.3 Å². The van der Waals surface area contributed by atoms with E-state index in [9.17, 15) is 13.2 Å². The van der Waals surface area contributed by atoms with Crippen molar-refractivity contribution < 1.29 is 22.5 Å². The fourth-order valence-corrected chi connectivity index (χ4v) is 1.16. The molecule has 5 nitrogen and oxygen atoms in total. The second-order valence-corrected chi connectivity index (χ2v) is 3.97. The van der Waals surface area contributed by atoms with Crippen LogP contribution < -0.4 is 4.74 Å². The summed E-state index contributed by atoms with van der Waals surface area (Å²) in [4.78, 5) is 10.9. The molecule has 0 saturated heterocycles. The molecule has 0 aliphatic carbocycles. The van der Waals surface area contributed by atoms with Crippen LogP contribution in [-0.4, -0.2) is 24.7 Å². The van der Waals surface area contributed by atoms with Crippen LogP contribution in [-0.2, 0) is 14.9 Å². The Morgan fingerprint density at radius 3 is 2.36 bits per heavy atom. The molecule has 0 aliphatic heterocycles. The fourth-order valence-electron chi connectivity index (χ4n) is 0.798. The Labute approximate surface area is 81.1 Å². The largest absolute Gasteiger partial charge is 0.426 e. The summed E-state index contributed by atoms with van der Waals surface area (Å²) in [5.74, 6) is -1.82. The molecule has 1 N–H and O–H groups in total. The lowest BCUT2D eigenvalue weighted by Gasteiger charge is -2.01. The lowest BCUT2D eigenvalue weighted by molar-refractivity contribution is -0.131. The van der Waals surface area contributed by atoms with Crippen molar-refractivity contribution in [3.63, 3.8) is 0 Å². The van der Waals surface area contributed by atoms with Gasteiger partial charge in [-0.1, -0.05) is 18.2 Å². The summed E-state index contributed by atoms with van der Waals surface area (Å²) < 4.78 is 33.5. The van der Waals surface area contributed by atoms with E-state index in [1.54, 1.807) is 18.2 Å². The highest BCUT2D eigenvalue weighted by atomic mass is 32.2. The molecule has 76 valence electrons. The molecule has 0 aromatic heterocycles. The van der Waals surface area contributed by atoms with E-state index < -0.39 is 21.8 Å². The maximum Gasteiger partial charge on any atom is 0.329 e. The van der Waals surface area contributed by atoms with E-state index in [1.165, 1.54) is 12.1 Å². The van der Waals surface area contributed by atoms with E-state index in [2.05, 4.69) is 4.74 Å². The number of rotatable bonds is 3. The summed E-state index contributed by atoms with van der Waals surface area (Å²) in [5.41, 5.74) is 0. The Morgan fingerprint density at radius 1 is 1.29 bits per heavy atom. The van der Waals surface area contributed by atoms with E-state index in [-0.39, 0.29) is 5.75 Å². The molecule has 0 fully saturated rings. The van der Waals surface area contributed by atoms with Crippen LogP contribution in [0, 0.1) is 0 Å². The van der Waals surface area contributed by atoms with Crippen LogP contribution in [0.25, 0.3) is 0 Å². The summed E-state index contributed by atoms with van der Waals surface area (Å²) in [6, 6.07) is 8.00. The first-order valence-electron chi connectivity index (χ1n) is 3.68. The SMILES string of the molecule is O=C(CS(=O)(=O)O)Oc1ccccc1. The van der Waals surface area contributed by atoms with Gasteiger partial charge in [-0.2, -0.15) is 8.42 Å². The van der Waals surface area contributed by atoms with Crippen LogP contribution in [0.3, 0.4) is 0 Å². The number of hydrogen-bond donors (Lipinski definition) is 1. The number of esters is 1. The molecule has 0 radical (unpaired) electrons. The molecule has 0 saturated carbocycles. The van der Waals surface area contributed by atoms with Crippen molar-refractivity contribution in [2.45, 2.75) is 0 Å². The third-order valence-corrected chi connectivity index (χ3v) is 1.88. The molecule has 1 aromatic rings.